The summed E-state index contributed by atoms with van der Waals surface area (Å²) >= 11 is 0. The molecule has 6 heteroatoms. The van der Waals surface area contributed by atoms with Crippen LogP contribution in [0.3, 0.4) is 0 Å². The summed E-state index contributed by atoms with van der Waals surface area (Å²) in [6.45, 7) is -0.337. The van der Waals surface area contributed by atoms with E-state index in [0.29, 0.717) is 6.07 Å². The molecule has 0 aliphatic rings. The Labute approximate surface area is 112 Å². The molecule has 0 aromatic heterocycles. The number of carboxylic acids is 1. The topological polar surface area (TPSA) is 46.5 Å². The summed E-state index contributed by atoms with van der Waals surface area (Å²) in [6.07, 6.45) is 0. The minimum Gasteiger partial charge on any atom is -0.489 e. The number of halogens is 3. The molecule has 20 heavy (non-hydrogen) atoms. The summed E-state index contributed by atoms with van der Waals surface area (Å²) in [7, 11) is 0. The molecule has 0 unspecified atom stereocenters. The third-order valence-electron chi connectivity index (χ3n) is 2.54. The third-order valence-corrected chi connectivity index (χ3v) is 2.54. The fraction of sp³-hybridized carbons (Fsp3) is 0.0714. The predicted molar refractivity (Wildman–Crippen MR) is 64.0 cm³/mol. The molecule has 0 bridgehead atoms. The first kappa shape index (κ1) is 13.9. The summed E-state index contributed by atoms with van der Waals surface area (Å²) in [6, 6.07) is 6.38. The number of carbonyl (C=O) groups is 1. The van der Waals surface area contributed by atoms with E-state index in [1.54, 1.807) is 0 Å². The number of hydrogen-bond acceptors (Lipinski definition) is 2. The van der Waals surface area contributed by atoms with Crippen molar-refractivity contribution in [1.82, 2.24) is 0 Å². The molecule has 0 saturated carbocycles. The Hall–Kier alpha value is -2.50. The van der Waals surface area contributed by atoms with Crippen molar-refractivity contribution in [2.24, 2.45) is 0 Å². The van der Waals surface area contributed by atoms with Gasteiger partial charge in [-0.3, -0.25) is 0 Å². The van der Waals surface area contributed by atoms with E-state index in [9.17, 15) is 18.0 Å². The fourth-order valence-electron chi connectivity index (χ4n) is 1.63. The summed E-state index contributed by atoms with van der Waals surface area (Å²) in [4.78, 5) is 10.8. The van der Waals surface area contributed by atoms with Crippen molar-refractivity contribution in [2.45, 2.75) is 6.61 Å². The Kier molecular flexibility index (Phi) is 3.93. The van der Waals surface area contributed by atoms with Crippen molar-refractivity contribution in [1.29, 1.82) is 0 Å². The number of ether oxygens (including phenoxy) is 1. The van der Waals surface area contributed by atoms with Gasteiger partial charge in [-0.15, -0.1) is 0 Å². The highest BCUT2D eigenvalue weighted by Gasteiger charge is 2.14. The van der Waals surface area contributed by atoms with E-state index >= 15 is 0 Å². The van der Waals surface area contributed by atoms with Crippen molar-refractivity contribution in [2.75, 3.05) is 0 Å². The predicted octanol–water partition coefficient (Wildman–Crippen LogP) is 3.38. The lowest BCUT2D eigenvalue weighted by Gasteiger charge is -2.08. The van der Waals surface area contributed by atoms with Gasteiger partial charge in [0, 0.05) is 23.8 Å². The molecular formula is C14H9F3O3. The van der Waals surface area contributed by atoms with E-state index < -0.39 is 29.0 Å². The normalized spacial score (nSPS) is 10.3. The first-order valence-corrected chi connectivity index (χ1v) is 5.57. The van der Waals surface area contributed by atoms with Gasteiger partial charge in [0.1, 0.15) is 29.8 Å². The Morgan fingerprint density at radius 1 is 1.10 bits per heavy atom. The SMILES string of the molecule is O=C(O)c1cccc(COc2cc(F)cc(F)c2)c1F. The largest absolute Gasteiger partial charge is 0.489 e. The van der Waals surface area contributed by atoms with Gasteiger partial charge >= 0.3 is 5.97 Å². The van der Waals surface area contributed by atoms with Crippen LogP contribution in [0, 0.1) is 17.5 Å². The molecule has 0 atom stereocenters. The van der Waals surface area contributed by atoms with E-state index in [-0.39, 0.29) is 17.9 Å². The minimum absolute atomic E-state index is 0.0189. The lowest BCUT2D eigenvalue weighted by Crippen LogP contribution is -2.06. The monoisotopic (exact) mass is 282 g/mol. The van der Waals surface area contributed by atoms with Crippen LogP contribution in [0.25, 0.3) is 0 Å². The zero-order valence-electron chi connectivity index (χ0n) is 10.1. The number of hydrogen-bond donors (Lipinski definition) is 1. The van der Waals surface area contributed by atoms with Gasteiger partial charge in [0.25, 0.3) is 0 Å². The minimum atomic E-state index is -1.40. The summed E-state index contributed by atoms with van der Waals surface area (Å²) in [5.74, 6) is -4.08. The number of rotatable bonds is 4. The van der Waals surface area contributed by atoms with Crippen LogP contribution >= 0.6 is 0 Å². The Bertz CT molecular complexity index is 636. The molecule has 0 radical (unpaired) electrons. The summed E-state index contributed by atoms with van der Waals surface area (Å²) < 4.78 is 44.7. The van der Waals surface area contributed by atoms with E-state index in [2.05, 4.69) is 0 Å². The van der Waals surface area contributed by atoms with Gasteiger partial charge in [-0.2, -0.15) is 0 Å². The molecule has 2 aromatic carbocycles. The number of carboxylic acid groups (broad SMARTS) is 1. The summed E-state index contributed by atoms with van der Waals surface area (Å²) in [5, 5.41) is 8.77. The Morgan fingerprint density at radius 2 is 1.75 bits per heavy atom. The molecule has 0 aliphatic carbocycles. The van der Waals surface area contributed by atoms with Crippen LogP contribution in [0.5, 0.6) is 5.75 Å². The lowest BCUT2D eigenvalue weighted by atomic mass is 10.1. The van der Waals surface area contributed by atoms with Crippen molar-refractivity contribution in [3.63, 3.8) is 0 Å². The Morgan fingerprint density at radius 3 is 2.35 bits per heavy atom. The molecule has 0 amide bonds. The van der Waals surface area contributed by atoms with Crippen LogP contribution in [0.1, 0.15) is 15.9 Å². The highest BCUT2D eigenvalue weighted by molar-refractivity contribution is 5.88. The van der Waals surface area contributed by atoms with Crippen molar-refractivity contribution < 1.29 is 27.8 Å². The maximum absolute atomic E-state index is 13.8. The molecule has 0 spiro atoms. The third kappa shape index (κ3) is 3.09. The second-order valence-corrected chi connectivity index (χ2v) is 3.98. The molecule has 104 valence electrons. The van der Waals surface area contributed by atoms with Crippen LogP contribution in [0.15, 0.2) is 36.4 Å². The second kappa shape index (κ2) is 5.64. The van der Waals surface area contributed by atoms with Gasteiger partial charge < -0.3 is 9.84 Å². The zero-order chi connectivity index (χ0) is 14.7. The van der Waals surface area contributed by atoms with E-state index in [0.717, 1.165) is 18.2 Å². The highest BCUT2D eigenvalue weighted by Crippen LogP contribution is 2.19. The number of aromatic carboxylic acids is 1. The molecule has 1 N–H and O–H groups in total. The first-order valence-electron chi connectivity index (χ1n) is 5.57. The van der Waals surface area contributed by atoms with Gasteiger partial charge in [0.05, 0.1) is 5.56 Å². The van der Waals surface area contributed by atoms with Gasteiger partial charge in [-0.1, -0.05) is 12.1 Å². The number of benzene rings is 2. The van der Waals surface area contributed by atoms with Gasteiger partial charge in [0.15, 0.2) is 0 Å². The molecule has 0 saturated heterocycles. The van der Waals surface area contributed by atoms with Crippen molar-refractivity contribution in [3.05, 3.63) is 65.0 Å². The molecule has 3 nitrogen and oxygen atoms in total. The molecule has 2 rings (SSSR count). The maximum atomic E-state index is 13.8. The molecule has 0 fully saturated rings. The standard InChI is InChI=1S/C14H9F3O3/c15-9-4-10(16)6-11(5-9)20-7-8-2-1-3-12(13(8)17)14(18)19/h1-6H,7H2,(H,18,19). The van der Waals surface area contributed by atoms with E-state index in [1.165, 1.54) is 12.1 Å². The summed E-state index contributed by atoms with van der Waals surface area (Å²) in [5.41, 5.74) is -0.508. The van der Waals surface area contributed by atoms with Crippen LogP contribution < -0.4 is 4.74 Å². The smallest absolute Gasteiger partial charge is 0.338 e. The van der Waals surface area contributed by atoms with E-state index in [1.807, 2.05) is 0 Å². The average Bonchev–Trinajstić information content (AvgIpc) is 2.36. The lowest BCUT2D eigenvalue weighted by molar-refractivity contribution is 0.0691. The average molecular weight is 282 g/mol. The van der Waals surface area contributed by atoms with Crippen LogP contribution in [0.4, 0.5) is 13.2 Å². The highest BCUT2D eigenvalue weighted by atomic mass is 19.1. The fourth-order valence-corrected chi connectivity index (χ4v) is 1.63. The second-order valence-electron chi connectivity index (χ2n) is 3.98. The van der Waals surface area contributed by atoms with Gasteiger partial charge in [0.2, 0.25) is 0 Å². The van der Waals surface area contributed by atoms with Gasteiger partial charge in [-0.05, 0) is 6.07 Å². The molecule has 0 aliphatic heterocycles. The molecular weight excluding hydrogens is 273 g/mol. The molecule has 0 heterocycles. The molecule has 2 aromatic rings. The van der Waals surface area contributed by atoms with Crippen LogP contribution in [-0.2, 0) is 6.61 Å². The van der Waals surface area contributed by atoms with Crippen molar-refractivity contribution in [3.8, 4) is 5.75 Å². The van der Waals surface area contributed by atoms with E-state index in [4.69, 9.17) is 9.84 Å². The van der Waals surface area contributed by atoms with Crippen LogP contribution in [0.2, 0.25) is 0 Å². The maximum Gasteiger partial charge on any atom is 0.338 e. The van der Waals surface area contributed by atoms with Crippen molar-refractivity contribution >= 4 is 5.97 Å². The van der Waals surface area contributed by atoms with Crippen LogP contribution in [-0.4, -0.2) is 11.1 Å². The quantitative estimate of drug-likeness (QED) is 0.935. The zero-order valence-corrected chi connectivity index (χ0v) is 10.1. The first-order chi connectivity index (χ1) is 9.47. The van der Waals surface area contributed by atoms with Gasteiger partial charge in [-0.25, -0.2) is 18.0 Å². The Balaban J connectivity index is 2.19.